The van der Waals surface area contributed by atoms with E-state index < -0.39 is 29.7 Å². The molecule has 0 aliphatic carbocycles. The molecule has 0 bridgehead atoms. The molecule has 15 heteroatoms. The molecule has 5 heterocycles. The van der Waals surface area contributed by atoms with Crippen LogP contribution in [0.3, 0.4) is 0 Å². The van der Waals surface area contributed by atoms with Crippen LogP contribution in [0.4, 0.5) is 0 Å². The second-order valence-electron chi connectivity index (χ2n) is 12.2. The monoisotopic (exact) mass is 682 g/mol. The summed E-state index contributed by atoms with van der Waals surface area (Å²) in [5.74, 6) is -1.83. The molecule has 2 aromatic heterocycles. The summed E-state index contributed by atoms with van der Waals surface area (Å²) in [6.07, 6.45) is 0.361. The van der Waals surface area contributed by atoms with E-state index in [0.717, 1.165) is 16.0 Å². The molecule has 1 atom stereocenters. The van der Waals surface area contributed by atoms with Gasteiger partial charge in [0.25, 0.3) is 11.8 Å². The Hall–Kier alpha value is -5.67. The smallest absolute Gasteiger partial charge is 0.266 e. The van der Waals surface area contributed by atoms with Crippen molar-refractivity contribution in [2.24, 2.45) is 0 Å². The number of hydrogen-bond acceptors (Lipinski definition) is 11. The number of nitrogens with one attached hydrogen (secondary N) is 2. The molecular weight excluding hydrogens is 648 g/mol. The van der Waals surface area contributed by atoms with Gasteiger partial charge in [0.1, 0.15) is 24.1 Å². The first-order valence-electron chi connectivity index (χ1n) is 16.3. The zero-order valence-electron chi connectivity index (χ0n) is 26.9. The van der Waals surface area contributed by atoms with Gasteiger partial charge in [0.2, 0.25) is 17.7 Å². The predicted molar refractivity (Wildman–Crippen MR) is 175 cm³/mol. The molecular formula is C35H34N6O9. The highest BCUT2D eigenvalue weighted by molar-refractivity contribution is 6.24. The number of piperidine rings is 1. The third-order valence-electron chi connectivity index (χ3n) is 9.00. The number of ether oxygens (including phenoxy) is 3. The first-order valence-corrected chi connectivity index (χ1v) is 16.3. The van der Waals surface area contributed by atoms with Gasteiger partial charge in [-0.1, -0.05) is 18.2 Å². The molecule has 0 spiro atoms. The number of likely N-dealkylation sites (tertiary alicyclic amines) is 1. The lowest BCUT2D eigenvalue weighted by Gasteiger charge is -2.39. The number of hydrogen-bond donors (Lipinski definition) is 3. The van der Waals surface area contributed by atoms with Gasteiger partial charge in [-0.25, -0.2) is 0 Å². The number of H-pyrrole nitrogens is 1. The van der Waals surface area contributed by atoms with Crippen LogP contribution in [0.1, 0.15) is 51.6 Å². The van der Waals surface area contributed by atoms with Crippen molar-refractivity contribution in [2.45, 2.75) is 31.2 Å². The van der Waals surface area contributed by atoms with Crippen LogP contribution in [0.25, 0.3) is 22.3 Å². The van der Waals surface area contributed by atoms with E-state index in [4.69, 9.17) is 14.2 Å². The molecule has 2 aromatic carbocycles. The summed E-state index contributed by atoms with van der Waals surface area (Å²) in [7, 11) is 0. The fourth-order valence-corrected chi connectivity index (χ4v) is 6.33. The van der Waals surface area contributed by atoms with Crippen LogP contribution < -0.4 is 10.1 Å². The zero-order chi connectivity index (χ0) is 34.8. The second-order valence-corrected chi connectivity index (χ2v) is 12.2. The quantitative estimate of drug-likeness (QED) is 0.138. The summed E-state index contributed by atoms with van der Waals surface area (Å²) >= 11 is 0. The van der Waals surface area contributed by atoms with Crippen molar-refractivity contribution in [3.05, 3.63) is 71.4 Å². The Bertz CT molecular complexity index is 1990. The standard InChI is InChI=1S/C35H34N6O9/c42-27-6-2-1-4-22(27)25-17-20-16-24(36-32(20)39-38-25)21-18-40(19-21)30(44)10-11-48-12-13-49-14-15-50-28-7-3-5-23-31(28)35(47)41(34(23)46)26-8-9-29(43)37-33(26)45/h1-7,16-17,21,26,42H,8-15,18-19H2,(H,36,39)(H,37,43,45). The van der Waals surface area contributed by atoms with E-state index in [2.05, 4.69) is 20.5 Å². The maximum atomic E-state index is 13.2. The number of aromatic hydroxyl groups is 1. The van der Waals surface area contributed by atoms with Crippen LogP contribution >= 0.6 is 0 Å². The number of carbonyl (C=O) groups excluding carboxylic acids is 5. The highest BCUT2D eigenvalue weighted by Crippen LogP contribution is 2.34. The molecule has 1 unspecified atom stereocenters. The molecule has 7 rings (SSSR count). The molecule has 2 saturated heterocycles. The van der Waals surface area contributed by atoms with Crippen molar-refractivity contribution in [1.29, 1.82) is 0 Å². The van der Waals surface area contributed by atoms with Gasteiger partial charge in [0.05, 0.1) is 49.7 Å². The lowest BCUT2D eigenvalue weighted by molar-refractivity contribution is -0.137. The number of aromatic amines is 1. The first-order chi connectivity index (χ1) is 24.3. The molecule has 0 radical (unpaired) electrons. The fraction of sp³-hybridized carbons (Fsp3) is 0.343. The number of aromatic nitrogens is 3. The average Bonchev–Trinajstić information content (AvgIpc) is 3.61. The molecule has 3 aliphatic rings. The molecule has 15 nitrogen and oxygen atoms in total. The topological polar surface area (TPSA) is 193 Å². The van der Waals surface area contributed by atoms with Gasteiger partial charge >= 0.3 is 0 Å². The van der Waals surface area contributed by atoms with E-state index >= 15 is 0 Å². The SMILES string of the molecule is O=C1CCC(N2C(=O)c3cccc(OCCOCCOCCC(=O)N4CC(c5cc6cc(-c7ccccc7O)nnc6[nH]5)C4)c3C2=O)C(=O)N1. The molecule has 5 amide bonds. The summed E-state index contributed by atoms with van der Waals surface area (Å²) < 4.78 is 16.9. The molecule has 50 heavy (non-hydrogen) atoms. The number of phenols is 1. The minimum Gasteiger partial charge on any atom is -0.507 e. The number of rotatable bonds is 13. The maximum absolute atomic E-state index is 13.2. The number of benzene rings is 2. The van der Waals surface area contributed by atoms with E-state index in [0.29, 0.717) is 30.0 Å². The molecule has 3 aliphatic heterocycles. The van der Waals surface area contributed by atoms with E-state index in [1.807, 2.05) is 18.2 Å². The van der Waals surface area contributed by atoms with Gasteiger partial charge in [-0.3, -0.25) is 34.2 Å². The normalized spacial score (nSPS) is 17.6. The van der Waals surface area contributed by atoms with Crippen LogP contribution in [0.5, 0.6) is 11.5 Å². The molecule has 3 N–H and O–H groups in total. The van der Waals surface area contributed by atoms with Crippen molar-refractivity contribution in [3.8, 4) is 22.8 Å². The maximum Gasteiger partial charge on any atom is 0.266 e. The minimum atomic E-state index is -1.05. The van der Waals surface area contributed by atoms with Crippen LogP contribution in [-0.4, -0.2) is 112 Å². The van der Waals surface area contributed by atoms with Crippen molar-refractivity contribution < 1.29 is 43.3 Å². The number of nitrogens with zero attached hydrogens (tertiary/aromatic N) is 4. The third kappa shape index (κ3) is 6.52. The Balaban J connectivity index is 0.788. The van der Waals surface area contributed by atoms with Crippen LogP contribution in [-0.2, 0) is 23.9 Å². The van der Waals surface area contributed by atoms with Crippen LogP contribution in [0, 0.1) is 0 Å². The zero-order valence-corrected chi connectivity index (χ0v) is 26.9. The predicted octanol–water partition coefficient (Wildman–Crippen LogP) is 2.16. The van der Waals surface area contributed by atoms with Gasteiger partial charge in [0, 0.05) is 42.1 Å². The van der Waals surface area contributed by atoms with Gasteiger partial charge in [-0.2, -0.15) is 0 Å². The highest BCUT2D eigenvalue weighted by Gasteiger charge is 2.46. The van der Waals surface area contributed by atoms with Gasteiger partial charge < -0.3 is 29.2 Å². The van der Waals surface area contributed by atoms with E-state index in [1.165, 1.54) is 6.07 Å². The fourth-order valence-electron chi connectivity index (χ4n) is 6.33. The summed E-state index contributed by atoms with van der Waals surface area (Å²) in [4.78, 5) is 68.5. The van der Waals surface area contributed by atoms with Gasteiger partial charge in [-0.05, 0) is 42.8 Å². The average molecular weight is 683 g/mol. The Morgan fingerprint density at radius 2 is 1.64 bits per heavy atom. The lowest BCUT2D eigenvalue weighted by atomic mass is 9.96. The number of fused-ring (bicyclic) bond motifs is 2. The van der Waals surface area contributed by atoms with E-state index in [-0.39, 0.29) is 86.7 Å². The Morgan fingerprint density at radius 1 is 0.880 bits per heavy atom. The van der Waals surface area contributed by atoms with Crippen molar-refractivity contribution >= 4 is 40.6 Å². The number of para-hydroxylation sites is 1. The number of imide groups is 2. The van der Waals surface area contributed by atoms with Crippen LogP contribution in [0.15, 0.2) is 54.6 Å². The Labute approximate surface area is 285 Å². The first kappa shape index (κ1) is 32.9. The highest BCUT2D eigenvalue weighted by atomic mass is 16.5. The lowest BCUT2D eigenvalue weighted by Crippen LogP contribution is -2.54. The number of phenolic OH excluding ortho intramolecular Hbond substituents is 1. The molecule has 2 fully saturated rings. The van der Waals surface area contributed by atoms with Gasteiger partial charge in [-0.15, -0.1) is 10.2 Å². The van der Waals surface area contributed by atoms with E-state index in [9.17, 15) is 29.1 Å². The summed E-state index contributed by atoms with van der Waals surface area (Å²) in [5, 5.41) is 21.7. The summed E-state index contributed by atoms with van der Waals surface area (Å²) in [5.41, 5.74) is 3.05. The van der Waals surface area contributed by atoms with Crippen LogP contribution in [0.2, 0.25) is 0 Å². The van der Waals surface area contributed by atoms with Crippen molar-refractivity contribution in [3.63, 3.8) is 0 Å². The third-order valence-corrected chi connectivity index (χ3v) is 9.00. The second kappa shape index (κ2) is 14.1. The minimum absolute atomic E-state index is 0.00732. The number of carbonyl (C=O) groups is 5. The largest absolute Gasteiger partial charge is 0.507 e. The van der Waals surface area contributed by atoms with Crippen molar-refractivity contribution in [2.75, 3.05) is 46.1 Å². The Kier molecular flexibility index (Phi) is 9.23. The van der Waals surface area contributed by atoms with Gasteiger partial charge in [0.15, 0.2) is 5.65 Å². The number of amides is 5. The van der Waals surface area contributed by atoms with Crippen molar-refractivity contribution in [1.82, 2.24) is 30.3 Å². The molecule has 258 valence electrons. The summed E-state index contributed by atoms with van der Waals surface area (Å²) in [6, 6.07) is 14.5. The summed E-state index contributed by atoms with van der Waals surface area (Å²) in [6.45, 7) is 2.28. The molecule has 4 aromatic rings. The Morgan fingerprint density at radius 3 is 2.44 bits per heavy atom. The van der Waals surface area contributed by atoms with E-state index in [1.54, 1.807) is 35.2 Å². The molecule has 0 saturated carbocycles.